The number of amides is 1. The second-order valence-electron chi connectivity index (χ2n) is 5.00. The number of benzene rings is 1. The van der Waals surface area contributed by atoms with Crippen molar-refractivity contribution in [2.45, 2.75) is 13.5 Å². The van der Waals surface area contributed by atoms with E-state index in [2.05, 4.69) is 10.3 Å². The molecule has 116 valence electrons. The highest BCUT2D eigenvalue weighted by molar-refractivity contribution is 6.02. The summed E-state index contributed by atoms with van der Waals surface area (Å²) in [6.45, 7) is 2.43. The van der Waals surface area contributed by atoms with Crippen molar-refractivity contribution >= 4 is 11.7 Å². The fourth-order valence-corrected chi connectivity index (χ4v) is 2.11. The molecule has 2 heterocycles. The molecule has 0 aliphatic carbocycles. The third-order valence-corrected chi connectivity index (χ3v) is 3.39. The molecule has 0 radical (unpaired) electrons. The minimum atomic E-state index is -0.366. The van der Waals surface area contributed by atoms with E-state index < -0.39 is 0 Å². The summed E-state index contributed by atoms with van der Waals surface area (Å²) in [5.74, 6) is 0.730. The number of nitrogens with zero attached hydrogens (tertiary/aromatic N) is 1. The van der Waals surface area contributed by atoms with Crippen molar-refractivity contribution in [1.82, 2.24) is 4.98 Å². The second kappa shape index (κ2) is 6.79. The minimum absolute atomic E-state index is 0.223. The molecule has 2 aromatic heterocycles. The Labute approximate surface area is 133 Å². The van der Waals surface area contributed by atoms with Crippen LogP contribution in [0.25, 0.3) is 0 Å². The van der Waals surface area contributed by atoms with Gasteiger partial charge in [-0.2, -0.15) is 0 Å². The molecule has 3 rings (SSSR count). The zero-order valence-electron chi connectivity index (χ0n) is 12.7. The molecule has 0 aliphatic heterocycles. The summed E-state index contributed by atoms with van der Waals surface area (Å²) >= 11 is 0. The van der Waals surface area contributed by atoms with Gasteiger partial charge in [0, 0.05) is 6.20 Å². The summed E-state index contributed by atoms with van der Waals surface area (Å²) in [4.78, 5) is 16.2. The topological polar surface area (TPSA) is 64.4 Å². The zero-order valence-corrected chi connectivity index (χ0v) is 12.7. The number of hydrogen-bond acceptors (Lipinski definition) is 4. The van der Waals surface area contributed by atoms with Crippen LogP contribution >= 0.6 is 0 Å². The van der Waals surface area contributed by atoms with Gasteiger partial charge in [0.15, 0.2) is 17.3 Å². The van der Waals surface area contributed by atoms with E-state index >= 15 is 0 Å². The van der Waals surface area contributed by atoms with E-state index in [1.54, 1.807) is 30.5 Å². The zero-order chi connectivity index (χ0) is 16.1. The Morgan fingerprint density at radius 2 is 2.04 bits per heavy atom. The normalized spacial score (nSPS) is 10.3. The van der Waals surface area contributed by atoms with E-state index in [4.69, 9.17) is 9.15 Å². The molecule has 0 unspecified atom stereocenters. The van der Waals surface area contributed by atoms with Gasteiger partial charge in [-0.05, 0) is 42.3 Å². The molecule has 23 heavy (non-hydrogen) atoms. The van der Waals surface area contributed by atoms with E-state index in [9.17, 15) is 4.79 Å². The summed E-state index contributed by atoms with van der Waals surface area (Å²) in [6.07, 6.45) is 3.04. The maximum atomic E-state index is 12.1. The SMILES string of the molecule is Cc1ccccc1COc1cccnc1NC(=O)c1ccco1. The highest BCUT2D eigenvalue weighted by atomic mass is 16.5. The number of aryl methyl sites for hydroxylation is 1. The average Bonchev–Trinajstić information content (AvgIpc) is 3.10. The first-order valence-electron chi connectivity index (χ1n) is 7.21. The fraction of sp³-hybridized carbons (Fsp3) is 0.111. The number of carbonyl (C=O) groups excluding carboxylic acids is 1. The fourth-order valence-electron chi connectivity index (χ4n) is 2.11. The lowest BCUT2D eigenvalue weighted by molar-refractivity contribution is 0.0995. The summed E-state index contributed by atoms with van der Waals surface area (Å²) in [5.41, 5.74) is 2.23. The standard InChI is InChI=1S/C18H16N2O3/c1-13-6-2-3-7-14(13)12-23-15-8-4-10-19-17(15)20-18(21)16-9-5-11-22-16/h2-11H,12H2,1H3,(H,19,20,21). The number of hydrogen-bond donors (Lipinski definition) is 1. The van der Waals surface area contributed by atoms with Gasteiger partial charge < -0.3 is 14.5 Å². The highest BCUT2D eigenvalue weighted by Crippen LogP contribution is 2.23. The molecule has 0 atom stereocenters. The molecule has 0 saturated heterocycles. The maximum absolute atomic E-state index is 12.1. The average molecular weight is 308 g/mol. The molecule has 0 bridgehead atoms. The van der Waals surface area contributed by atoms with Gasteiger partial charge in [-0.3, -0.25) is 4.79 Å². The van der Waals surface area contributed by atoms with Crippen molar-refractivity contribution in [2.24, 2.45) is 0 Å². The van der Waals surface area contributed by atoms with Gasteiger partial charge in [0.05, 0.1) is 6.26 Å². The van der Waals surface area contributed by atoms with Crippen LogP contribution < -0.4 is 10.1 Å². The number of furan rings is 1. The second-order valence-corrected chi connectivity index (χ2v) is 5.00. The smallest absolute Gasteiger partial charge is 0.292 e. The van der Waals surface area contributed by atoms with Gasteiger partial charge in [0.2, 0.25) is 0 Å². The van der Waals surface area contributed by atoms with Gasteiger partial charge in [-0.15, -0.1) is 0 Å². The van der Waals surface area contributed by atoms with Crippen molar-refractivity contribution in [1.29, 1.82) is 0 Å². The maximum Gasteiger partial charge on any atom is 0.292 e. The molecule has 0 aliphatic rings. The monoisotopic (exact) mass is 308 g/mol. The molecular weight excluding hydrogens is 292 g/mol. The van der Waals surface area contributed by atoms with E-state index in [1.165, 1.54) is 6.26 Å². The Balaban J connectivity index is 1.73. The van der Waals surface area contributed by atoms with Crippen LogP contribution in [0.1, 0.15) is 21.7 Å². The first kappa shape index (κ1) is 14.8. The van der Waals surface area contributed by atoms with Crippen LogP contribution in [0, 0.1) is 6.92 Å². The number of aromatic nitrogens is 1. The number of nitrogens with one attached hydrogen (secondary N) is 1. The molecule has 1 aromatic carbocycles. The number of pyridine rings is 1. The molecule has 3 aromatic rings. The van der Waals surface area contributed by atoms with Crippen LogP contribution in [0.3, 0.4) is 0 Å². The lowest BCUT2D eigenvalue weighted by atomic mass is 10.1. The van der Waals surface area contributed by atoms with Crippen LogP contribution in [0.15, 0.2) is 65.4 Å². The van der Waals surface area contributed by atoms with E-state index in [1.807, 2.05) is 31.2 Å². The first-order valence-corrected chi connectivity index (χ1v) is 7.21. The van der Waals surface area contributed by atoms with Crippen LogP contribution in [-0.4, -0.2) is 10.9 Å². The summed E-state index contributed by atoms with van der Waals surface area (Å²) in [7, 11) is 0. The van der Waals surface area contributed by atoms with Crippen molar-refractivity contribution in [3.05, 3.63) is 77.9 Å². The number of carbonyl (C=O) groups is 1. The Bertz CT molecular complexity index is 798. The van der Waals surface area contributed by atoms with Crippen molar-refractivity contribution in [3.63, 3.8) is 0 Å². The molecule has 0 spiro atoms. The number of anilines is 1. The highest BCUT2D eigenvalue weighted by Gasteiger charge is 2.13. The largest absolute Gasteiger partial charge is 0.485 e. The quantitative estimate of drug-likeness (QED) is 0.778. The molecule has 1 amide bonds. The Kier molecular flexibility index (Phi) is 4.38. The minimum Gasteiger partial charge on any atom is -0.485 e. The van der Waals surface area contributed by atoms with Gasteiger partial charge in [0.25, 0.3) is 5.91 Å². The van der Waals surface area contributed by atoms with Gasteiger partial charge in [-0.25, -0.2) is 4.98 Å². The van der Waals surface area contributed by atoms with Gasteiger partial charge in [0.1, 0.15) is 6.61 Å². The van der Waals surface area contributed by atoms with E-state index in [-0.39, 0.29) is 11.7 Å². The van der Waals surface area contributed by atoms with Crippen molar-refractivity contribution in [2.75, 3.05) is 5.32 Å². The third-order valence-electron chi connectivity index (χ3n) is 3.39. The molecule has 5 nitrogen and oxygen atoms in total. The predicted octanol–water partition coefficient (Wildman–Crippen LogP) is 3.81. The van der Waals surface area contributed by atoms with E-state index in [0.717, 1.165) is 11.1 Å². The lowest BCUT2D eigenvalue weighted by Gasteiger charge is -2.12. The summed E-state index contributed by atoms with van der Waals surface area (Å²) < 4.78 is 10.9. The van der Waals surface area contributed by atoms with E-state index in [0.29, 0.717) is 18.2 Å². The van der Waals surface area contributed by atoms with Crippen LogP contribution in [0.4, 0.5) is 5.82 Å². The van der Waals surface area contributed by atoms with Gasteiger partial charge >= 0.3 is 0 Å². The Morgan fingerprint density at radius 1 is 1.17 bits per heavy atom. The van der Waals surface area contributed by atoms with Crippen molar-refractivity contribution < 1.29 is 13.9 Å². The Hall–Kier alpha value is -3.08. The molecular formula is C18H16N2O3. The summed E-state index contributed by atoms with van der Waals surface area (Å²) in [5, 5.41) is 2.70. The van der Waals surface area contributed by atoms with Crippen molar-refractivity contribution in [3.8, 4) is 5.75 Å². The van der Waals surface area contributed by atoms with Crippen LogP contribution in [-0.2, 0) is 6.61 Å². The van der Waals surface area contributed by atoms with Crippen LogP contribution in [0.2, 0.25) is 0 Å². The first-order chi connectivity index (χ1) is 11.2. The van der Waals surface area contributed by atoms with Crippen LogP contribution in [0.5, 0.6) is 5.75 Å². The number of rotatable bonds is 5. The molecule has 0 fully saturated rings. The Morgan fingerprint density at radius 3 is 2.83 bits per heavy atom. The molecule has 5 heteroatoms. The lowest BCUT2D eigenvalue weighted by Crippen LogP contribution is -2.13. The molecule has 0 saturated carbocycles. The summed E-state index contributed by atoms with van der Waals surface area (Å²) in [6, 6.07) is 14.8. The third kappa shape index (κ3) is 3.58. The number of ether oxygens (including phenoxy) is 1. The van der Waals surface area contributed by atoms with Gasteiger partial charge in [-0.1, -0.05) is 24.3 Å². The molecule has 1 N–H and O–H groups in total. The predicted molar refractivity (Wildman–Crippen MR) is 86.4 cm³/mol.